The van der Waals surface area contributed by atoms with Gasteiger partial charge in [0.25, 0.3) is 0 Å². The fourth-order valence-electron chi connectivity index (χ4n) is 3.25. The lowest BCUT2D eigenvalue weighted by molar-refractivity contribution is -0.120. The van der Waals surface area contributed by atoms with Crippen molar-refractivity contribution in [1.29, 1.82) is 0 Å². The summed E-state index contributed by atoms with van der Waals surface area (Å²) in [6.07, 6.45) is 11.0. The maximum atomic E-state index is 12.4. The lowest BCUT2D eigenvalue weighted by Crippen LogP contribution is -2.46. The van der Waals surface area contributed by atoms with E-state index in [4.69, 9.17) is 0 Å². The van der Waals surface area contributed by atoms with Gasteiger partial charge in [-0.25, -0.2) is 4.98 Å². The summed E-state index contributed by atoms with van der Waals surface area (Å²) in [4.78, 5) is 17.8. The Morgan fingerprint density at radius 2 is 2.25 bits per heavy atom. The molecule has 2 heterocycles. The van der Waals surface area contributed by atoms with Gasteiger partial charge in [0.05, 0.1) is 12.1 Å². The Balaban J connectivity index is 1.65. The molecule has 1 aliphatic rings. The summed E-state index contributed by atoms with van der Waals surface area (Å²) in [5.74, 6) is 0.298. The van der Waals surface area contributed by atoms with E-state index in [9.17, 15) is 4.79 Å². The first-order valence-corrected chi connectivity index (χ1v) is 8.20. The molecule has 1 fully saturated rings. The standard InChI is InChI=1S/C15H21N3OS/c1-16-15(5-3-2-4-6-15)10-13(19)9-12-11-18-7-8-20-14(18)17-12/h7-8,11,16H,2-6,9-10H2,1H3. The summed E-state index contributed by atoms with van der Waals surface area (Å²) in [6, 6.07) is 0. The number of nitrogens with one attached hydrogen (secondary N) is 1. The van der Waals surface area contributed by atoms with Crippen LogP contribution < -0.4 is 5.32 Å². The molecule has 2 aromatic heterocycles. The minimum Gasteiger partial charge on any atom is -0.314 e. The van der Waals surface area contributed by atoms with E-state index in [2.05, 4.69) is 10.3 Å². The number of carbonyl (C=O) groups excluding carboxylic acids is 1. The number of hydrogen-bond donors (Lipinski definition) is 1. The Labute approximate surface area is 123 Å². The molecule has 0 bridgehead atoms. The fraction of sp³-hybridized carbons (Fsp3) is 0.600. The summed E-state index contributed by atoms with van der Waals surface area (Å²) < 4.78 is 1.99. The predicted molar refractivity (Wildman–Crippen MR) is 81.3 cm³/mol. The highest BCUT2D eigenvalue weighted by atomic mass is 32.1. The number of hydrogen-bond acceptors (Lipinski definition) is 4. The number of ketones is 1. The Morgan fingerprint density at radius 1 is 1.45 bits per heavy atom. The summed E-state index contributed by atoms with van der Waals surface area (Å²) >= 11 is 1.60. The Kier molecular flexibility index (Phi) is 3.89. The number of nitrogens with zero attached hydrogens (tertiary/aromatic N) is 2. The second-order valence-electron chi connectivity index (χ2n) is 5.81. The largest absolute Gasteiger partial charge is 0.314 e. The highest BCUT2D eigenvalue weighted by Crippen LogP contribution is 2.31. The Hall–Kier alpha value is -1.20. The van der Waals surface area contributed by atoms with Crippen LogP contribution >= 0.6 is 11.3 Å². The van der Waals surface area contributed by atoms with Crippen LogP contribution in [-0.4, -0.2) is 27.8 Å². The number of rotatable bonds is 5. The zero-order valence-corrected chi connectivity index (χ0v) is 12.7. The van der Waals surface area contributed by atoms with Crippen molar-refractivity contribution < 1.29 is 4.79 Å². The molecule has 2 aromatic rings. The third-order valence-electron chi connectivity index (χ3n) is 4.40. The van der Waals surface area contributed by atoms with Crippen LogP contribution in [0.3, 0.4) is 0 Å². The van der Waals surface area contributed by atoms with E-state index < -0.39 is 0 Å². The van der Waals surface area contributed by atoms with E-state index in [1.54, 1.807) is 11.3 Å². The molecule has 0 aliphatic heterocycles. The van der Waals surface area contributed by atoms with Gasteiger partial charge >= 0.3 is 0 Å². The van der Waals surface area contributed by atoms with Crippen molar-refractivity contribution in [2.45, 2.75) is 50.5 Å². The molecule has 4 nitrogen and oxygen atoms in total. The molecule has 3 rings (SSSR count). The minimum absolute atomic E-state index is 0.0342. The molecule has 0 radical (unpaired) electrons. The van der Waals surface area contributed by atoms with Crippen molar-refractivity contribution in [2.75, 3.05) is 7.05 Å². The van der Waals surface area contributed by atoms with Crippen LogP contribution in [0.25, 0.3) is 4.96 Å². The number of Topliss-reactive ketones (excluding diaryl/α,β-unsaturated/α-hetero) is 1. The molecule has 5 heteroatoms. The molecule has 0 amide bonds. The average Bonchev–Trinajstić information content (AvgIpc) is 3.00. The maximum Gasteiger partial charge on any atom is 0.193 e. The molecule has 1 aliphatic carbocycles. The normalized spacial score (nSPS) is 18.4. The zero-order chi connectivity index (χ0) is 14.0. The molecule has 1 saturated carbocycles. The number of aromatic nitrogens is 2. The second kappa shape index (κ2) is 5.66. The summed E-state index contributed by atoms with van der Waals surface area (Å²) in [5, 5.41) is 5.42. The van der Waals surface area contributed by atoms with Gasteiger partial charge in [-0.15, -0.1) is 11.3 Å². The SMILES string of the molecule is CNC1(CC(=O)Cc2cn3ccsc3n2)CCCCC1. The topological polar surface area (TPSA) is 46.4 Å². The van der Waals surface area contributed by atoms with Crippen LogP contribution in [0.5, 0.6) is 0 Å². The van der Waals surface area contributed by atoms with Gasteiger partial charge in [-0.3, -0.25) is 9.20 Å². The van der Waals surface area contributed by atoms with Gasteiger partial charge < -0.3 is 5.32 Å². The van der Waals surface area contributed by atoms with Crippen molar-refractivity contribution in [2.24, 2.45) is 0 Å². The molecular formula is C15H21N3OS. The quantitative estimate of drug-likeness (QED) is 0.921. The van der Waals surface area contributed by atoms with Gasteiger partial charge in [0.2, 0.25) is 0 Å². The van der Waals surface area contributed by atoms with E-state index in [-0.39, 0.29) is 5.54 Å². The minimum atomic E-state index is 0.0342. The van der Waals surface area contributed by atoms with Crippen LogP contribution in [0.1, 0.15) is 44.2 Å². The van der Waals surface area contributed by atoms with Crippen molar-refractivity contribution in [3.63, 3.8) is 0 Å². The Bertz CT molecular complexity index is 567. The van der Waals surface area contributed by atoms with Gasteiger partial charge in [0.15, 0.2) is 4.96 Å². The van der Waals surface area contributed by atoms with Gasteiger partial charge in [0, 0.05) is 29.7 Å². The molecule has 0 atom stereocenters. The zero-order valence-electron chi connectivity index (χ0n) is 11.9. The van der Waals surface area contributed by atoms with Crippen LogP contribution in [0.2, 0.25) is 0 Å². The molecule has 0 aromatic carbocycles. The summed E-state index contributed by atoms with van der Waals surface area (Å²) in [7, 11) is 1.99. The van der Waals surface area contributed by atoms with Gasteiger partial charge in [-0.1, -0.05) is 19.3 Å². The van der Waals surface area contributed by atoms with Crippen LogP contribution in [0.15, 0.2) is 17.8 Å². The lowest BCUT2D eigenvalue weighted by Gasteiger charge is -2.36. The van der Waals surface area contributed by atoms with E-state index in [1.807, 2.05) is 29.2 Å². The van der Waals surface area contributed by atoms with Crippen molar-refractivity contribution in [1.82, 2.24) is 14.7 Å². The molecule has 1 N–H and O–H groups in total. The van der Waals surface area contributed by atoms with Gasteiger partial charge in [-0.2, -0.15) is 0 Å². The molecule has 0 saturated heterocycles. The first-order valence-electron chi connectivity index (χ1n) is 7.32. The fourth-order valence-corrected chi connectivity index (χ4v) is 3.97. The summed E-state index contributed by atoms with van der Waals surface area (Å²) in [6.45, 7) is 0. The van der Waals surface area contributed by atoms with Crippen molar-refractivity contribution >= 4 is 22.1 Å². The smallest absolute Gasteiger partial charge is 0.193 e. The van der Waals surface area contributed by atoms with E-state index in [1.165, 1.54) is 19.3 Å². The number of thiazole rings is 1. The van der Waals surface area contributed by atoms with Crippen LogP contribution in [0.4, 0.5) is 0 Å². The van der Waals surface area contributed by atoms with E-state index in [0.29, 0.717) is 18.6 Å². The second-order valence-corrected chi connectivity index (χ2v) is 6.68. The average molecular weight is 291 g/mol. The highest BCUT2D eigenvalue weighted by Gasteiger charge is 2.32. The van der Waals surface area contributed by atoms with E-state index >= 15 is 0 Å². The van der Waals surface area contributed by atoms with Crippen LogP contribution in [-0.2, 0) is 11.2 Å². The molecule has 108 valence electrons. The maximum absolute atomic E-state index is 12.4. The monoisotopic (exact) mass is 291 g/mol. The number of carbonyl (C=O) groups is 1. The molecular weight excluding hydrogens is 270 g/mol. The molecule has 20 heavy (non-hydrogen) atoms. The van der Waals surface area contributed by atoms with E-state index in [0.717, 1.165) is 23.5 Å². The number of imidazole rings is 1. The van der Waals surface area contributed by atoms with Crippen LogP contribution in [0, 0.1) is 0 Å². The highest BCUT2D eigenvalue weighted by molar-refractivity contribution is 7.15. The summed E-state index contributed by atoms with van der Waals surface area (Å²) in [5.41, 5.74) is 0.927. The predicted octanol–water partition coefficient (Wildman–Crippen LogP) is 2.82. The lowest BCUT2D eigenvalue weighted by atomic mass is 9.78. The van der Waals surface area contributed by atoms with Gasteiger partial charge in [-0.05, 0) is 19.9 Å². The molecule has 0 spiro atoms. The molecule has 0 unspecified atom stereocenters. The first-order chi connectivity index (χ1) is 9.71. The van der Waals surface area contributed by atoms with Crippen molar-refractivity contribution in [3.05, 3.63) is 23.5 Å². The van der Waals surface area contributed by atoms with Gasteiger partial charge in [0.1, 0.15) is 5.78 Å². The first kappa shape index (κ1) is 13.8. The third kappa shape index (κ3) is 2.79. The third-order valence-corrected chi connectivity index (χ3v) is 5.17. The Morgan fingerprint density at radius 3 is 2.95 bits per heavy atom. The number of fused-ring (bicyclic) bond motifs is 1. The van der Waals surface area contributed by atoms with Crippen molar-refractivity contribution in [3.8, 4) is 0 Å².